The van der Waals surface area contributed by atoms with Crippen molar-refractivity contribution in [1.82, 2.24) is 20.6 Å². The largest absolute Gasteiger partial charge is 0.335 e. The van der Waals surface area contributed by atoms with Crippen LogP contribution < -0.4 is 10.6 Å². The standard InChI is InChI=1S/C17H16N4O2S3/c22-13(19-16(23)18-10-5-6-10)9-26-17-20-14(11-3-1-7-24-11)15(21-17)12-4-2-8-25-12/h1-4,7-8,10H,5-6,9H2,(H,20,21)(H2,18,19,22,23). The van der Waals surface area contributed by atoms with E-state index in [4.69, 9.17) is 0 Å². The van der Waals surface area contributed by atoms with Gasteiger partial charge in [0.05, 0.1) is 21.2 Å². The van der Waals surface area contributed by atoms with Crippen LogP contribution in [0.15, 0.2) is 40.2 Å². The second kappa shape index (κ2) is 7.65. The molecule has 0 unspecified atom stereocenters. The topological polar surface area (TPSA) is 86.9 Å². The normalized spacial score (nSPS) is 13.5. The number of imide groups is 1. The molecule has 3 heterocycles. The van der Waals surface area contributed by atoms with Crippen molar-refractivity contribution in [3.63, 3.8) is 0 Å². The Bertz CT molecular complexity index is 847. The SMILES string of the molecule is O=C(CSc1nc(-c2cccs2)c(-c2cccs2)[nH]1)NC(=O)NC1CC1. The Hall–Kier alpha value is -2.10. The van der Waals surface area contributed by atoms with Crippen LogP contribution in [0.1, 0.15) is 12.8 Å². The summed E-state index contributed by atoms with van der Waals surface area (Å²) in [6.07, 6.45) is 1.97. The van der Waals surface area contributed by atoms with Crippen molar-refractivity contribution in [3.8, 4) is 21.1 Å². The van der Waals surface area contributed by atoms with Gasteiger partial charge in [0.2, 0.25) is 5.91 Å². The molecule has 26 heavy (non-hydrogen) atoms. The first-order valence-corrected chi connectivity index (χ1v) is 10.8. The van der Waals surface area contributed by atoms with E-state index in [2.05, 4.69) is 20.6 Å². The Balaban J connectivity index is 1.44. The number of urea groups is 1. The number of aromatic nitrogens is 2. The highest BCUT2D eigenvalue weighted by Crippen LogP contribution is 2.36. The summed E-state index contributed by atoms with van der Waals surface area (Å²) in [5.74, 6) is -0.209. The van der Waals surface area contributed by atoms with Crippen LogP contribution in [-0.2, 0) is 4.79 Å². The summed E-state index contributed by atoms with van der Waals surface area (Å²) in [4.78, 5) is 33.7. The lowest BCUT2D eigenvalue weighted by Crippen LogP contribution is -2.41. The van der Waals surface area contributed by atoms with Crippen LogP contribution in [-0.4, -0.2) is 33.7 Å². The lowest BCUT2D eigenvalue weighted by atomic mass is 10.2. The molecule has 134 valence electrons. The van der Waals surface area contributed by atoms with Gasteiger partial charge in [0.1, 0.15) is 5.69 Å². The molecule has 3 aromatic rings. The third-order valence-electron chi connectivity index (χ3n) is 3.71. The van der Waals surface area contributed by atoms with Crippen molar-refractivity contribution in [1.29, 1.82) is 0 Å². The van der Waals surface area contributed by atoms with Crippen molar-refractivity contribution in [3.05, 3.63) is 35.0 Å². The summed E-state index contributed by atoms with van der Waals surface area (Å²) in [6, 6.07) is 7.86. The smallest absolute Gasteiger partial charge is 0.321 e. The molecule has 0 aromatic carbocycles. The number of amides is 3. The fraction of sp³-hybridized carbons (Fsp3) is 0.235. The summed E-state index contributed by atoms with van der Waals surface area (Å²) < 4.78 is 0. The third kappa shape index (κ3) is 4.17. The molecule has 3 aromatic heterocycles. The van der Waals surface area contributed by atoms with Crippen LogP contribution in [0.3, 0.4) is 0 Å². The van der Waals surface area contributed by atoms with E-state index in [-0.39, 0.29) is 17.7 Å². The first kappa shape index (κ1) is 17.3. The number of aromatic amines is 1. The first-order valence-electron chi connectivity index (χ1n) is 8.10. The van der Waals surface area contributed by atoms with Gasteiger partial charge in [0.15, 0.2) is 5.16 Å². The molecule has 4 rings (SSSR count). The lowest BCUT2D eigenvalue weighted by molar-refractivity contribution is -0.117. The molecule has 3 amide bonds. The average molecular weight is 405 g/mol. The number of imidazole rings is 1. The average Bonchev–Trinajstić information content (AvgIpc) is 3.08. The van der Waals surface area contributed by atoms with Gasteiger partial charge in [-0.2, -0.15) is 0 Å². The van der Waals surface area contributed by atoms with Gasteiger partial charge in [0.25, 0.3) is 0 Å². The highest BCUT2D eigenvalue weighted by molar-refractivity contribution is 7.99. The number of nitrogens with zero attached hydrogens (tertiary/aromatic N) is 1. The number of carbonyl (C=O) groups is 2. The number of nitrogens with one attached hydrogen (secondary N) is 3. The van der Waals surface area contributed by atoms with E-state index in [0.29, 0.717) is 5.16 Å². The van der Waals surface area contributed by atoms with E-state index in [9.17, 15) is 9.59 Å². The van der Waals surface area contributed by atoms with E-state index < -0.39 is 6.03 Å². The predicted molar refractivity (Wildman–Crippen MR) is 106 cm³/mol. The molecular weight excluding hydrogens is 388 g/mol. The molecule has 3 N–H and O–H groups in total. The third-order valence-corrected chi connectivity index (χ3v) is 6.35. The monoisotopic (exact) mass is 404 g/mol. The number of thiophene rings is 2. The summed E-state index contributed by atoms with van der Waals surface area (Å²) in [6.45, 7) is 0. The number of H-pyrrole nitrogens is 1. The highest BCUT2D eigenvalue weighted by Gasteiger charge is 2.24. The van der Waals surface area contributed by atoms with Gasteiger partial charge in [-0.25, -0.2) is 9.78 Å². The quantitative estimate of drug-likeness (QED) is 0.543. The Kier molecular flexibility index (Phi) is 5.09. The summed E-state index contributed by atoms with van der Waals surface area (Å²) in [5, 5.41) is 9.78. The Morgan fingerprint density at radius 3 is 2.58 bits per heavy atom. The van der Waals surface area contributed by atoms with Crippen molar-refractivity contribution >= 4 is 46.4 Å². The maximum absolute atomic E-state index is 11.9. The molecule has 0 saturated heterocycles. The lowest BCUT2D eigenvalue weighted by Gasteiger charge is -2.04. The molecular formula is C17H16N4O2S3. The molecule has 1 aliphatic carbocycles. The summed E-state index contributed by atoms with van der Waals surface area (Å²) in [7, 11) is 0. The van der Waals surface area contributed by atoms with Gasteiger partial charge in [-0.1, -0.05) is 23.9 Å². The minimum Gasteiger partial charge on any atom is -0.335 e. The van der Waals surface area contributed by atoms with Gasteiger partial charge in [0, 0.05) is 6.04 Å². The van der Waals surface area contributed by atoms with Crippen LogP contribution >= 0.6 is 34.4 Å². The van der Waals surface area contributed by atoms with E-state index in [1.807, 2.05) is 35.0 Å². The molecule has 1 aliphatic rings. The zero-order valence-corrected chi connectivity index (χ0v) is 16.1. The van der Waals surface area contributed by atoms with E-state index in [0.717, 1.165) is 34.0 Å². The van der Waals surface area contributed by atoms with E-state index in [1.165, 1.54) is 11.8 Å². The molecule has 1 saturated carbocycles. The van der Waals surface area contributed by atoms with Crippen molar-refractivity contribution in [2.45, 2.75) is 24.0 Å². The second-order valence-corrected chi connectivity index (χ2v) is 8.66. The highest BCUT2D eigenvalue weighted by atomic mass is 32.2. The van der Waals surface area contributed by atoms with Crippen LogP contribution in [0.5, 0.6) is 0 Å². The molecule has 0 radical (unpaired) electrons. The maximum Gasteiger partial charge on any atom is 0.321 e. The minimum atomic E-state index is -0.420. The zero-order valence-electron chi connectivity index (χ0n) is 13.7. The number of rotatable bonds is 6. The molecule has 0 spiro atoms. The van der Waals surface area contributed by atoms with Crippen molar-refractivity contribution in [2.24, 2.45) is 0 Å². The zero-order chi connectivity index (χ0) is 17.9. The van der Waals surface area contributed by atoms with Gasteiger partial charge >= 0.3 is 6.03 Å². The Morgan fingerprint density at radius 1 is 1.19 bits per heavy atom. The second-order valence-electron chi connectivity index (χ2n) is 5.80. The minimum absolute atomic E-state index is 0.124. The molecule has 0 bridgehead atoms. The molecule has 0 aliphatic heterocycles. The van der Waals surface area contributed by atoms with Gasteiger partial charge in [-0.15, -0.1) is 22.7 Å². The fourth-order valence-corrected chi connectivity index (χ4v) is 4.47. The number of carbonyl (C=O) groups excluding carboxylic acids is 2. The van der Waals surface area contributed by atoms with E-state index >= 15 is 0 Å². The van der Waals surface area contributed by atoms with Gasteiger partial charge in [-0.05, 0) is 35.7 Å². The fourth-order valence-electron chi connectivity index (χ4n) is 2.36. The van der Waals surface area contributed by atoms with Gasteiger partial charge in [-0.3, -0.25) is 10.1 Å². The van der Waals surface area contributed by atoms with Crippen LogP contribution in [0.4, 0.5) is 4.79 Å². The summed E-state index contributed by atoms with van der Waals surface area (Å²) >= 11 is 4.55. The van der Waals surface area contributed by atoms with Crippen molar-refractivity contribution in [2.75, 3.05) is 5.75 Å². The first-order chi connectivity index (χ1) is 12.7. The number of hydrogen-bond acceptors (Lipinski definition) is 6. The Morgan fingerprint density at radius 2 is 1.92 bits per heavy atom. The summed E-state index contributed by atoms with van der Waals surface area (Å²) in [5.41, 5.74) is 1.84. The van der Waals surface area contributed by atoms with Crippen LogP contribution in [0, 0.1) is 0 Å². The predicted octanol–water partition coefficient (Wildman–Crippen LogP) is 3.95. The van der Waals surface area contributed by atoms with Crippen LogP contribution in [0.25, 0.3) is 21.1 Å². The Labute approximate surface area is 162 Å². The number of hydrogen-bond donors (Lipinski definition) is 3. The maximum atomic E-state index is 11.9. The van der Waals surface area contributed by atoms with Crippen LogP contribution in [0.2, 0.25) is 0 Å². The molecule has 1 fully saturated rings. The molecule has 6 nitrogen and oxygen atoms in total. The van der Waals surface area contributed by atoms with Crippen molar-refractivity contribution < 1.29 is 9.59 Å². The number of thioether (sulfide) groups is 1. The molecule has 0 atom stereocenters. The molecule has 9 heteroatoms. The van der Waals surface area contributed by atoms with Gasteiger partial charge < -0.3 is 10.3 Å². The van der Waals surface area contributed by atoms with E-state index in [1.54, 1.807) is 22.7 Å².